The molecule has 0 aliphatic rings. The van der Waals surface area contributed by atoms with Gasteiger partial charge in [0.15, 0.2) is 0 Å². The molecule has 4 heteroatoms. The summed E-state index contributed by atoms with van der Waals surface area (Å²) < 4.78 is 0. The number of nitrogens with zero attached hydrogens (tertiary/aromatic N) is 1. The Morgan fingerprint density at radius 2 is 0.935 bits per heavy atom. The Balaban J connectivity index is 0.00000272. The summed E-state index contributed by atoms with van der Waals surface area (Å²) in [6.45, 7) is -0.150. The summed E-state index contributed by atoms with van der Waals surface area (Å²) in [7, 11) is 0. The molecule has 0 aromatic heterocycles. The molecule has 0 saturated carbocycles. The second-order valence-corrected chi connectivity index (χ2v) is 7.12. The molecule has 4 rings (SSSR count). The monoisotopic (exact) mass is 433 g/mol. The first-order valence-electron chi connectivity index (χ1n) is 9.94. The summed E-state index contributed by atoms with van der Waals surface area (Å²) in [5.74, 6) is -0.883. The molecule has 0 aliphatic carbocycles. The van der Waals surface area contributed by atoms with Crippen molar-refractivity contribution >= 4 is 63.0 Å². The van der Waals surface area contributed by atoms with Crippen molar-refractivity contribution in [3.8, 4) is 0 Å². The molecule has 31 heavy (non-hydrogen) atoms. The molecule has 0 radical (unpaired) electrons. The first-order chi connectivity index (χ1) is 14.7. The number of benzene rings is 4. The Bertz CT molecular complexity index is 990. The summed E-state index contributed by atoms with van der Waals surface area (Å²) in [6.07, 6.45) is 0. The van der Waals surface area contributed by atoms with Crippen molar-refractivity contribution in [3.05, 3.63) is 138 Å². The maximum atomic E-state index is 12.1. The third-order valence-corrected chi connectivity index (χ3v) is 5.34. The second-order valence-electron chi connectivity index (χ2n) is 7.12. The number of aliphatic carboxylic acids is 1. The quantitative estimate of drug-likeness (QED) is 0.332. The number of hydrogen-bond donors (Lipinski definition) is 1. The Labute approximate surface area is 225 Å². The van der Waals surface area contributed by atoms with Crippen LogP contribution in [0.25, 0.3) is 0 Å². The number of para-hydroxylation sites is 1. The van der Waals surface area contributed by atoms with E-state index in [0.717, 1.165) is 22.4 Å². The fraction of sp³-hybridized carbons (Fsp3) is 0.0741. The zero-order chi connectivity index (χ0) is 20.8. The molecule has 3 nitrogen and oxygen atoms in total. The van der Waals surface area contributed by atoms with Gasteiger partial charge in [-0.25, -0.2) is 0 Å². The molecule has 0 fully saturated rings. The van der Waals surface area contributed by atoms with Gasteiger partial charge < -0.3 is 10.0 Å². The van der Waals surface area contributed by atoms with Gasteiger partial charge in [-0.2, -0.15) is 0 Å². The van der Waals surface area contributed by atoms with Crippen molar-refractivity contribution in [2.75, 3.05) is 11.4 Å². The van der Waals surface area contributed by atoms with Crippen LogP contribution < -0.4 is 4.90 Å². The molecular formula is C27H24KNO2. The van der Waals surface area contributed by atoms with Gasteiger partial charge in [0.05, 0.1) is 0 Å². The van der Waals surface area contributed by atoms with Crippen LogP contribution >= 0.6 is 0 Å². The van der Waals surface area contributed by atoms with Crippen molar-refractivity contribution in [1.82, 2.24) is 0 Å². The third kappa shape index (κ3) is 4.84. The number of carboxylic acid groups (broad SMARTS) is 1. The molecule has 0 unspecified atom stereocenters. The van der Waals surface area contributed by atoms with Gasteiger partial charge in [-0.3, -0.25) is 4.79 Å². The van der Waals surface area contributed by atoms with Crippen LogP contribution in [-0.2, 0) is 10.3 Å². The predicted octanol–water partition coefficient (Wildman–Crippen LogP) is 4.92. The fourth-order valence-corrected chi connectivity index (χ4v) is 4.15. The van der Waals surface area contributed by atoms with E-state index in [4.69, 9.17) is 0 Å². The zero-order valence-corrected chi connectivity index (χ0v) is 16.6. The van der Waals surface area contributed by atoms with Gasteiger partial charge in [0.2, 0.25) is 0 Å². The number of hydrogen-bond acceptors (Lipinski definition) is 2. The van der Waals surface area contributed by atoms with E-state index >= 15 is 0 Å². The van der Waals surface area contributed by atoms with Crippen molar-refractivity contribution in [2.24, 2.45) is 0 Å². The minimum atomic E-state index is -0.883. The van der Waals surface area contributed by atoms with E-state index in [0.29, 0.717) is 0 Å². The molecule has 4 aromatic carbocycles. The van der Waals surface area contributed by atoms with E-state index in [-0.39, 0.29) is 57.9 Å². The summed E-state index contributed by atoms with van der Waals surface area (Å²) in [6, 6.07) is 40.1. The van der Waals surface area contributed by atoms with E-state index in [9.17, 15) is 9.90 Å². The fourth-order valence-electron chi connectivity index (χ4n) is 4.15. The molecule has 1 N–H and O–H groups in total. The van der Waals surface area contributed by atoms with Crippen molar-refractivity contribution in [1.29, 1.82) is 0 Å². The van der Waals surface area contributed by atoms with E-state index < -0.39 is 11.5 Å². The Morgan fingerprint density at radius 1 is 0.613 bits per heavy atom. The molecule has 150 valence electrons. The first-order valence-corrected chi connectivity index (χ1v) is 9.94. The second kappa shape index (κ2) is 10.9. The van der Waals surface area contributed by atoms with Crippen LogP contribution in [0.15, 0.2) is 121 Å². The standard InChI is InChI=1S/C27H23NO2.K.H/c29-26(30)21-28(25-19-11-4-12-20-25)27(22-13-5-1-6-14-22,23-15-7-2-8-16-23)24-17-9-3-10-18-24;;/h1-20H,21H2,(H,29,30);;. The Morgan fingerprint density at radius 3 is 1.26 bits per heavy atom. The van der Waals surface area contributed by atoms with Gasteiger partial charge in [-0.05, 0) is 28.8 Å². The number of carboxylic acids is 1. The summed E-state index contributed by atoms with van der Waals surface area (Å²) in [5, 5.41) is 9.91. The molecule has 0 spiro atoms. The average molecular weight is 434 g/mol. The number of carbonyl (C=O) groups is 1. The molecule has 0 atom stereocenters. The van der Waals surface area contributed by atoms with E-state index in [2.05, 4.69) is 36.4 Å². The van der Waals surface area contributed by atoms with Gasteiger partial charge in [0.25, 0.3) is 0 Å². The van der Waals surface area contributed by atoms with Crippen LogP contribution in [0, 0.1) is 0 Å². The van der Waals surface area contributed by atoms with Crippen molar-refractivity contribution < 1.29 is 9.90 Å². The summed E-state index contributed by atoms with van der Waals surface area (Å²) >= 11 is 0. The van der Waals surface area contributed by atoms with Crippen LogP contribution in [0.1, 0.15) is 16.7 Å². The maximum absolute atomic E-state index is 12.1. The number of anilines is 1. The van der Waals surface area contributed by atoms with E-state index in [1.165, 1.54) is 0 Å². The predicted molar refractivity (Wildman–Crippen MR) is 128 cm³/mol. The van der Waals surface area contributed by atoms with E-state index in [1.54, 1.807) is 0 Å². The average Bonchev–Trinajstić information content (AvgIpc) is 2.81. The van der Waals surface area contributed by atoms with Crippen LogP contribution in [0.3, 0.4) is 0 Å². The van der Waals surface area contributed by atoms with Crippen molar-refractivity contribution in [3.63, 3.8) is 0 Å². The summed E-state index contributed by atoms with van der Waals surface area (Å²) in [4.78, 5) is 14.1. The molecule has 4 aromatic rings. The van der Waals surface area contributed by atoms with Gasteiger partial charge in [0.1, 0.15) is 12.1 Å². The Hall–Kier alpha value is -2.21. The van der Waals surface area contributed by atoms with Gasteiger partial charge in [-0.15, -0.1) is 0 Å². The normalized spacial score (nSPS) is 10.7. The van der Waals surface area contributed by atoms with Crippen molar-refractivity contribution in [2.45, 2.75) is 5.54 Å². The molecule has 0 aliphatic heterocycles. The first kappa shape index (κ1) is 23.4. The molecular weight excluding hydrogens is 409 g/mol. The molecule has 0 heterocycles. The van der Waals surface area contributed by atoms with Gasteiger partial charge in [-0.1, -0.05) is 109 Å². The topological polar surface area (TPSA) is 40.5 Å². The van der Waals surface area contributed by atoms with Crippen LogP contribution in [0.4, 0.5) is 5.69 Å². The van der Waals surface area contributed by atoms with Gasteiger partial charge >= 0.3 is 57.4 Å². The SMILES string of the molecule is O=C(O)CN(c1ccccc1)C(c1ccccc1)(c1ccccc1)c1ccccc1.[KH]. The van der Waals surface area contributed by atoms with Crippen LogP contribution in [-0.4, -0.2) is 69.0 Å². The Kier molecular flexibility index (Phi) is 8.24. The van der Waals surface area contributed by atoms with Crippen LogP contribution in [0.5, 0.6) is 0 Å². The van der Waals surface area contributed by atoms with Crippen LogP contribution in [0.2, 0.25) is 0 Å². The molecule has 0 amide bonds. The minimum absolute atomic E-state index is 0. The zero-order valence-electron chi connectivity index (χ0n) is 16.6. The third-order valence-electron chi connectivity index (χ3n) is 5.34. The van der Waals surface area contributed by atoms with E-state index in [1.807, 2.05) is 89.8 Å². The molecule has 0 bridgehead atoms. The number of rotatable bonds is 7. The summed E-state index contributed by atoms with van der Waals surface area (Å²) in [5.41, 5.74) is 3.05. The molecule has 0 saturated heterocycles. The van der Waals surface area contributed by atoms with Gasteiger partial charge in [0, 0.05) is 5.69 Å².